The molecule has 5 rings (SSSR count). The van der Waals surface area contributed by atoms with Gasteiger partial charge in [-0.15, -0.1) is 0 Å². The molecule has 0 aliphatic carbocycles. The molecule has 2 fully saturated rings. The number of nitrogens with zero attached hydrogens (tertiary/aromatic N) is 4. The van der Waals surface area contributed by atoms with Crippen LogP contribution < -0.4 is 5.32 Å². The summed E-state index contributed by atoms with van der Waals surface area (Å²) in [4.78, 5) is 38.1. The zero-order valence-electron chi connectivity index (χ0n) is 33.8. The third-order valence-electron chi connectivity index (χ3n) is 10.4. The van der Waals surface area contributed by atoms with E-state index in [2.05, 4.69) is 75.7 Å². The van der Waals surface area contributed by atoms with Gasteiger partial charge in [0.25, 0.3) is 5.91 Å². The van der Waals surface area contributed by atoms with Crippen molar-refractivity contribution in [2.24, 2.45) is 0 Å². The molecule has 1 N–H and O–H groups in total. The van der Waals surface area contributed by atoms with Gasteiger partial charge in [-0.3, -0.25) is 14.2 Å². The van der Waals surface area contributed by atoms with Gasteiger partial charge in [-0.25, -0.2) is 15.0 Å². The lowest BCUT2D eigenvalue weighted by Gasteiger charge is -2.51. The predicted molar refractivity (Wildman–Crippen MR) is 209 cm³/mol. The first-order valence-corrected chi connectivity index (χ1v) is 23.4. The van der Waals surface area contributed by atoms with Gasteiger partial charge >= 0.3 is 23.0 Å². The van der Waals surface area contributed by atoms with Gasteiger partial charge in [-0.05, 0) is 40.7 Å². The molecule has 4 heterocycles. The number of halogens is 2. The number of fused-ring (bicyclic) bond motifs is 2. The number of ether oxygens (including phenoxy) is 4. The maximum Gasteiger partial charge on any atom is 0.335 e. The summed E-state index contributed by atoms with van der Waals surface area (Å²) in [5.74, 6) is -4.56. The summed E-state index contributed by atoms with van der Waals surface area (Å²) in [5.41, 5.74) is 1.62. The topological polar surface area (TPSA) is 154 Å². The number of anilines is 1. The number of ketones is 1. The van der Waals surface area contributed by atoms with Crippen LogP contribution in [0.15, 0.2) is 43.0 Å². The molecule has 0 saturated carbocycles. The van der Waals surface area contributed by atoms with E-state index in [1.807, 2.05) is 6.07 Å². The predicted octanol–water partition coefficient (Wildman–Crippen LogP) is 7.31. The fourth-order valence-corrected chi connectivity index (χ4v) is 18.6. The molecule has 18 heteroatoms. The minimum Gasteiger partial charge on any atom is -0.414 e. The fraction of sp³-hybridized carbons (Fsp3) is 0.658. The van der Waals surface area contributed by atoms with Crippen LogP contribution in [-0.4, -0.2) is 106 Å². The van der Waals surface area contributed by atoms with E-state index >= 15 is 0 Å². The van der Waals surface area contributed by atoms with Gasteiger partial charge in [0.2, 0.25) is 5.78 Å². The van der Waals surface area contributed by atoms with Crippen LogP contribution in [-0.2, 0) is 36.7 Å². The second-order valence-corrected chi connectivity index (χ2v) is 24.5. The van der Waals surface area contributed by atoms with E-state index in [4.69, 9.17) is 31.9 Å². The lowest BCUT2D eigenvalue weighted by Crippen LogP contribution is -2.66. The van der Waals surface area contributed by atoms with Crippen molar-refractivity contribution in [2.75, 3.05) is 38.5 Å². The Bertz CT molecular complexity index is 1750. The molecule has 0 spiro atoms. The van der Waals surface area contributed by atoms with Crippen LogP contribution in [0.1, 0.15) is 91.7 Å². The number of nitrogens with one attached hydrogen (secondary N) is 1. The van der Waals surface area contributed by atoms with Crippen molar-refractivity contribution in [2.45, 2.75) is 128 Å². The fourth-order valence-electron chi connectivity index (χ4n) is 7.38. The Labute approximate surface area is 329 Å². The van der Waals surface area contributed by atoms with Crippen LogP contribution in [0.2, 0.25) is 22.2 Å². The summed E-state index contributed by atoms with van der Waals surface area (Å²) in [6.07, 6.45) is 0.111. The van der Waals surface area contributed by atoms with E-state index in [0.717, 1.165) is 0 Å². The van der Waals surface area contributed by atoms with Crippen LogP contribution in [0, 0.1) is 0 Å². The molecule has 14 nitrogen and oxygen atoms in total. The van der Waals surface area contributed by atoms with Crippen molar-refractivity contribution in [1.29, 1.82) is 0 Å². The van der Waals surface area contributed by atoms with Crippen LogP contribution in [0.4, 0.5) is 14.6 Å². The molecule has 0 radical (unpaired) electrons. The summed E-state index contributed by atoms with van der Waals surface area (Å²) < 4.78 is 74.5. The van der Waals surface area contributed by atoms with Gasteiger partial charge in [0, 0.05) is 25.5 Å². The number of carbonyl (C=O) groups excluding carboxylic acids is 2. The average Bonchev–Trinajstić information content (AvgIpc) is 3.71. The van der Waals surface area contributed by atoms with Gasteiger partial charge in [0.1, 0.15) is 31.4 Å². The Morgan fingerprint density at radius 2 is 1.59 bits per heavy atom. The van der Waals surface area contributed by atoms with Gasteiger partial charge < -0.3 is 37.2 Å². The first-order chi connectivity index (χ1) is 26.5. The van der Waals surface area contributed by atoms with Crippen LogP contribution in [0.3, 0.4) is 0 Å². The molecule has 2 aliphatic rings. The van der Waals surface area contributed by atoms with Gasteiger partial charge in [0.05, 0.1) is 26.1 Å². The van der Waals surface area contributed by atoms with Gasteiger partial charge in [0.15, 0.2) is 23.2 Å². The Morgan fingerprint density at radius 3 is 2.23 bits per heavy atom. The molecule has 1 aromatic carbocycles. The monoisotopic (exact) mass is 821 g/mol. The van der Waals surface area contributed by atoms with Crippen LogP contribution in [0.5, 0.6) is 0 Å². The highest BCUT2D eigenvalue weighted by Crippen LogP contribution is 2.49. The Morgan fingerprint density at radius 1 is 0.929 bits per heavy atom. The van der Waals surface area contributed by atoms with Crippen molar-refractivity contribution < 1.29 is 50.3 Å². The van der Waals surface area contributed by atoms with Crippen molar-refractivity contribution in [1.82, 2.24) is 19.5 Å². The van der Waals surface area contributed by atoms with E-state index in [-0.39, 0.29) is 80.0 Å². The van der Waals surface area contributed by atoms with Crippen LogP contribution >= 0.6 is 0 Å². The number of benzene rings is 1. The zero-order chi connectivity index (χ0) is 40.8. The quantitative estimate of drug-likeness (QED) is 0.0778. The number of amides is 1. The Hall–Kier alpha value is -3.08. The molecule has 3 aromatic rings. The first kappa shape index (κ1) is 44.0. The molecule has 2 aromatic heterocycles. The number of hydrogen-bond acceptors (Lipinski definition) is 12. The third kappa shape index (κ3) is 9.61. The molecule has 310 valence electrons. The third-order valence-corrected chi connectivity index (χ3v) is 20.7. The second-order valence-electron chi connectivity index (χ2n) is 15.7. The molecule has 0 bridgehead atoms. The van der Waals surface area contributed by atoms with Gasteiger partial charge in [-0.2, -0.15) is 8.78 Å². The summed E-state index contributed by atoms with van der Waals surface area (Å²) in [6, 6.07) is 8.81. The van der Waals surface area contributed by atoms with Crippen molar-refractivity contribution in [3.63, 3.8) is 0 Å². The minimum absolute atomic E-state index is 0.0544. The Kier molecular flexibility index (Phi) is 14.7. The highest BCUT2D eigenvalue weighted by atomic mass is 28.5. The summed E-state index contributed by atoms with van der Waals surface area (Å²) in [6.45, 7) is 18.3. The van der Waals surface area contributed by atoms with E-state index in [1.165, 1.54) is 6.33 Å². The molecular formula is C38H57F2N5O9Si2. The molecular weight excluding hydrogens is 765 g/mol. The number of carbonyl (C=O) groups is 2. The van der Waals surface area contributed by atoms with Crippen molar-refractivity contribution in [3.8, 4) is 0 Å². The Balaban J connectivity index is 1.41. The first-order valence-electron chi connectivity index (χ1n) is 19.4. The number of imidazole rings is 1. The maximum atomic E-state index is 13.2. The molecule has 2 saturated heterocycles. The van der Waals surface area contributed by atoms with E-state index in [1.54, 1.807) is 35.2 Å². The summed E-state index contributed by atoms with van der Waals surface area (Å²) >= 11 is 0. The highest BCUT2D eigenvalue weighted by Gasteiger charge is 2.62. The van der Waals surface area contributed by atoms with Crippen LogP contribution in [0.25, 0.3) is 11.2 Å². The number of hydrogen-bond donors (Lipinski definition) is 1. The number of rotatable bonds is 18. The largest absolute Gasteiger partial charge is 0.414 e. The number of aromatic nitrogens is 4. The highest BCUT2D eigenvalue weighted by molar-refractivity contribution is 6.84. The van der Waals surface area contributed by atoms with E-state index < -0.39 is 53.4 Å². The smallest absolute Gasteiger partial charge is 0.335 e. The molecule has 1 unspecified atom stereocenters. The average molecular weight is 822 g/mol. The van der Waals surface area contributed by atoms with Gasteiger partial charge in [-0.1, -0.05) is 73.6 Å². The summed E-state index contributed by atoms with van der Waals surface area (Å²) in [5, 5.41) is 2.86. The van der Waals surface area contributed by atoms with Crippen molar-refractivity contribution in [3.05, 3.63) is 48.5 Å². The number of alkyl halides is 2. The normalized spacial score (nSPS) is 22.5. The molecule has 2 aliphatic heterocycles. The van der Waals surface area contributed by atoms with E-state index in [9.17, 15) is 18.4 Å². The van der Waals surface area contributed by atoms with Crippen molar-refractivity contribution >= 4 is 45.8 Å². The summed E-state index contributed by atoms with van der Waals surface area (Å²) in [7, 11) is -5.95. The minimum atomic E-state index is -3.35. The standard InChI is InChI=1S/C38H57F2N5O9Si2/c1-24(2)55(25(3)4)51-20-29-32(53-56(54-55,26(5)6)27(7)8)33(50-23-49-19-18-48-17-13-16-30(46)38(9,39)40)37(52-29)45-22-43-31-34(41-21-42-35(31)45)44-36(47)28-14-11-10-12-15-28/h10-12,14-15,21-22,24-27,29,32-33,37H,13,16-20,23H2,1-9H3,(H,41,42,44,47)/t29-,32?,33+,37-/m1/s1. The second kappa shape index (κ2) is 18.7. The zero-order valence-corrected chi connectivity index (χ0v) is 35.8. The molecule has 1 amide bonds. The number of Topliss-reactive ketones (excluding diaryl/α,β-unsaturated/α-hetero) is 1. The lowest BCUT2D eigenvalue weighted by atomic mass is 10.1. The lowest BCUT2D eigenvalue weighted by molar-refractivity contribution is -0.143. The maximum absolute atomic E-state index is 13.2. The molecule has 56 heavy (non-hydrogen) atoms. The van der Waals surface area contributed by atoms with E-state index in [0.29, 0.717) is 23.7 Å². The molecule has 4 atom stereocenters. The SMILES string of the molecule is CC(C)[Si]1(C(C)C)OC[C@H]2O[C@@H](n3cnc4c(NC(=O)c5ccccc5)ncnc43)[C@@H](OCOCCOCCCC(=O)C(C)(F)F)C2O[Si](C(C)C)(C(C)C)O1.